The van der Waals surface area contributed by atoms with Crippen molar-refractivity contribution in [1.29, 1.82) is 0 Å². The van der Waals surface area contributed by atoms with Crippen LogP contribution in [0.3, 0.4) is 0 Å². The number of pyridine rings is 2. The maximum absolute atomic E-state index is 11.2. The predicted octanol–water partition coefficient (Wildman–Crippen LogP) is 1.42. The number of rotatable bonds is 4. The molecule has 2 aromatic heterocycles. The number of aromatic nitrogens is 2. The van der Waals surface area contributed by atoms with Crippen molar-refractivity contribution in [2.24, 2.45) is 5.84 Å². The zero-order valence-corrected chi connectivity index (χ0v) is 11.4. The maximum atomic E-state index is 11.2. The quantitative estimate of drug-likeness (QED) is 0.504. The van der Waals surface area contributed by atoms with E-state index in [1.807, 2.05) is 11.5 Å². The fraction of sp³-hybridized carbons (Fsp3) is 0.0833. The van der Waals surface area contributed by atoms with E-state index < -0.39 is 0 Å². The molecule has 0 spiro atoms. The van der Waals surface area contributed by atoms with Gasteiger partial charge in [-0.05, 0) is 34.1 Å². The summed E-state index contributed by atoms with van der Waals surface area (Å²) in [7, 11) is 0. The fourth-order valence-corrected chi connectivity index (χ4v) is 1.70. The van der Waals surface area contributed by atoms with Gasteiger partial charge in [-0.15, -0.1) is 0 Å². The molecule has 3 N–H and O–H groups in total. The number of carbonyl (C=O) groups is 1. The van der Waals surface area contributed by atoms with Gasteiger partial charge in [0.2, 0.25) is 0 Å². The van der Waals surface area contributed by atoms with Gasteiger partial charge in [0.15, 0.2) is 0 Å². The van der Waals surface area contributed by atoms with Crippen LogP contribution in [0.2, 0.25) is 0 Å². The maximum Gasteiger partial charge on any atom is 0.266 e. The van der Waals surface area contributed by atoms with Crippen molar-refractivity contribution < 1.29 is 9.53 Å². The van der Waals surface area contributed by atoms with E-state index in [0.717, 1.165) is 4.47 Å². The smallest absolute Gasteiger partial charge is 0.266 e. The molecule has 0 aliphatic carbocycles. The molecule has 2 aromatic rings. The second-order valence-corrected chi connectivity index (χ2v) is 4.55. The Hall–Kier alpha value is -1.99. The summed E-state index contributed by atoms with van der Waals surface area (Å²) in [6.45, 7) is 0.294. The highest BCUT2D eigenvalue weighted by Gasteiger charge is 2.04. The molecule has 0 bridgehead atoms. The van der Waals surface area contributed by atoms with E-state index in [-0.39, 0.29) is 5.91 Å². The Kier molecular flexibility index (Phi) is 4.43. The molecule has 7 heteroatoms. The Bertz CT molecular complexity index is 574. The van der Waals surface area contributed by atoms with Crippen molar-refractivity contribution in [2.75, 3.05) is 0 Å². The molecule has 98 valence electrons. The number of nitrogen functional groups attached to an aromatic ring is 1. The Morgan fingerprint density at radius 2 is 2.21 bits per heavy atom. The summed E-state index contributed by atoms with van der Waals surface area (Å²) in [5.74, 6) is 5.29. The predicted molar refractivity (Wildman–Crippen MR) is 72.2 cm³/mol. The molecule has 0 fully saturated rings. The summed E-state index contributed by atoms with van der Waals surface area (Å²) in [6.07, 6.45) is 4.73. The van der Waals surface area contributed by atoms with Crippen molar-refractivity contribution in [3.8, 4) is 5.75 Å². The first-order chi connectivity index (χ1) is 9.19. The topological polar surface area (TPSA) is 90.1 Å². The number of carbonyl (C=O) groups excluding carboxylic acids is 1. The summed E-state index contributed by atoms with van der Waals surface area (Å²) in [4.78, 5) is 19.3. The molecular weight excluding hydrogens is 312 g/mol. The van der Waals surface area contributed by atoms with Gasteiger partial charge in [-0.3, -0.25) is 20.2 Å². The number of ether oxygens (including phenoxy) is 1. The van der Waals surface area contributed by atoms with Crippen molar-refractivity contribution in [2.45, 2.75) is 6.61 Å². The van der Waals surface area contributed by atoms with Crippen LogP contribution in [-0.4, -0.2) is 15.9 Å². The number of halogens is 1. The van der Waals surface area contributed by atoms with Crippen LogP contribution in [0.15, 0.2) is 41.3 Å². The van der Waals surface area contributed by atoms with Gasteiger partial charge in [0.1, 0.15) is 12.4 Å². The molecule has 0 saturated carbocycles. The summed E-state index contributed by atoms with van der Waals surface area (Å²) in [5, 5.41) is 0. The molecule has 0 aliphatic heterocycles. The first kappa shape index (κ1) is 13.4. The lowest BCUT2D eigenvalue weighted by Crippen LogP contribution is -2.30. The van der Waals surface area contributed by atoms with E-state index in [1.165, 1.54) is 6.20 Å². The molecule has 0 aliphatic rings. The van der Waals surface area contributed by atoms with Crippen LogP contribution in [-0.2, 0) is 6.61 Å². The van der Waals surface area contributed by atoms with E-state index in [1.54, 1.807) is 24.5 Å². The van der Waals surface area contributed by atoms with Gasteiger partial charge < -0.3 is 4.74 Å². The van der Waals surface area contributed by atoms with Gasteiger partial charge in [0, 0.05) is 16.9 Å². The molecule has 0 atom stereocenters. The average molecular weight is 323 g/mol. The van der Waals surface area contributed by atoms with Gasteiger partial charge in [-0.1, -0.05) is 0 Å². The third kappa shape index (κ3) is 3.73. The molecule has 1 amide bonds. The van der Waals surface area contributed by atoms with E-state index in [0.29, 0.717) is 23.6 Å². The standard InChI is InChI=1S/C12H11BrN4O2/c13-9-3-11(6-15-5-9)19-7-10-2-1-8(4-16-10)12(18)17-14/h1-6H,7,14H2,(H,17,18). The van der Waals surface area contributed by atoms with Crippen LogP contribution in [0, 0.1) is 0 Å². The van der Waals surface area contributed by atoms with Crippen molar-refractivity contribution in [3.05, 3.63) is 52.5 Å². The van der Waals surface area contributed by atoms with E-state index in [2.05, 4.69) is 25.9 Å². The van der Waals surface area contributed by atoms with E-state index >= 15 is 0 Å². The first-order valence-corrected chi connectivity index (χ1v) is 6.17. The number of nitrogens with zero attached hydrogens (tertiary/aromatic N) is 2. The normalized spacial score (nSPS) is 10.0. The lowest BCUT2D eigenvalue weighted by molar-refractivity contribution is 0.0953. The number of nitrogens with one attached hydrogen (secondary N) is 1. The summed E-state index contributed by atoms with van der Waals surface area (Å²) >= 11 is 3.31. The minimum absolute atomic E-state index is 0.294. The second kappa shape index (κ2) is 6.26. The molecular formula is C12H11BrN4O2. The van der Waals surface area contributed by atoms with Gasteiger partial charge in [0.25, 0.3) is 5.91 Å². The Morgan fingerprint density at radius 3 is 2.84 bits per heavy atom. The Morgan fingerprint density at radius 1 is 1.37 bits per heavy atom. The van der Waals surface area contributed by atoms with Gasteiger partial charge in [0.05, 0.1) is 17.5 Å². The van der Waals surface area contributed by atoms with Gasteiger partial charge >= 0.3 is 0 Å². The summed E-state index contributed by atoms with van der Waals surface area (Å²) < 4.78 is 6.36. The highest BCUT2D eigenvalue weighted by Crippen LogP contribution is 2.16. The summed E-state index contributed by atoms with van der Waals surface area (Å²) in [5.41, 5.74) is 3.14. The zero-order valence-electron chi connectivity index (χ0n) is 9.84. The number of hydrogen-bond donors (Lipinski definition) is 2. The monoisotopic (exact) mass is 322 g/mol. The number of amides is 1. The fourth-order valence-electron chi connectivity index (χ4n) is 1.36. The first-order valence-electron chi connectivity index (χ1n) is 5.38. The molecule has 0 saturated heterocycles. The average Bonchev–Trinajstić information content (AvgIpc) is 2.45. The number of nitrogens with two attached hydrogens (primary N) is 1. The second-order valence-electron chi connectivity index (χ2n) is 3.64. The van der Waals surface area contributed by atoms with Crippen LogP contribution in [0.5, 0.6) is 5.75 Å². The number of hydrogen-bond acceptors (Lipinski definition) is 5. The minimum Gasteiger partial charge on any atom is -0.486 e. The van der Waals surface area contributed by atoms with E-state index in [9.17, 15) is 4.79 Å². The van der Waals surface area contributed by atoms with Gasteiger partial charge in [-0.25, -0.2) is 5.84 Å². The molecule has 0 radical (unpaired) electrons. The Labute approximate surface area is 118 Å². The summed E-state index contributed by atoms with van der Waals surface area (Å²) in [6, 6.07) is 5.15. The minimum atomic E-state index is -0.379. The lowest BCUT2D eigenvalue weighted by Gasteiger charge is -2.06. The highest BCUT2D eigenvalue weighted by atomic mass is 79.9. The molecule has 19 heavy (non-hydrogen) atoms. The van der Waals surface area contributed by atoms with Crippen LogP contribution in [0.25, 0.3) is 0 Å². The number of hydrazine groups is 1. The Balaban J connectivity index is 1.98. The highest BCUT2D eigenvalue weighted by molar-refractivity contribution is 9.10. The van der Waals surface area contributed by atoms with Crippen LogP contribution in [0.1, 0.15) is 16.1 Å². The van der Waals surface area contributed by atoms with Crippen LogP contribution < -0.4 is 16.0 Å². The molecule has 0 aromatic carbocycles. The lowest BCUT2D eigenvalue weighted by atomic mass is 10.2. The molecule has 6 nitrogen and oxygen atoms in total. The molecule has 2 rings (SSSR count). The largest absolute Gasteiger partial charge is 0.486 e. The third-order valence-electron chi connectivity index (χ3n) is 2.28. The van der Waals surface area contributed by atoms with Crippen molar-refractivity contribution >= 4 is 21.8 Å². The van der Waals surface area contributed by atoms with Crippen LogP contribution >= 0.6 is 15.9 Å². The zero-order chi connectivity index (χ0) is 13.7. The van der Waals surface area contributed by atoms with E-state index in [4.69, 9.17) is 10.6 Å². The third-order valence-corrected chi connectivity index (χ3v) is 2.72. The van der Waals surface area contributed by atoms with Crippen molar-refractivity contribution in [1.82, 2.24) is 15.4 Å². The van der Waals surface area contributed by atoms with Crippen molar-refractivity contribution in [3.63, 3.8) is 0 Å². The molecule has 2 heterocycles. The van der Waals surface area contributed by atoms with Gasteiger partial charge in [-0.2, -0.15) is 0 Å². The molecule has 0 unspecified atom stereocenters. The van der Waals surface area contributed by atoms with Crippen LogP contribution in [0.4, 0.5) is 0 Å². The SMILES string of the molecule is NNC(=O)c1ccc(COc2cncc(Br)c2)nc1.